The van der Waals surface area contributed by atoms with Gasteiger partial charge in [-0.25, -0.2) is 8.42 Å². The number of sulfone groups is 1. The minimum atomic E-state index is -3.26. The lowest BCUT2D eigenvalue weighted by Crippen LogP contribution is -2.10. The van der Waals surface area contributed by atoms with Gasteiger partial charge in [-0.05, 0) is 36.1 Å². The predicted octanol–water partition coefficient (Wildman–Crippen LogP) is 3.49. The second-order valence-electron chi connectivity index (χ2n) is 5.48. The van der Waals surface area contributed by atoms with Crippen molar-refractivity contribution in [1.82, 2.24) is 0 Å². The highest BCUT2D eigenvalue weighted by Gasteiger charge is 2.31. The third-order valence-electron chi connectivity index (χ3n) is 3.84. The molecule has 0 fully saturated rings. The maximum absolute atomic E-state index is 12.6. The second kappa shape index (κ2) is 6.45. The van der Waals surface area contributed by atoms with Gasteiger partial charge in [-0.15, -0.1) is 11.8 Å². The van der Waals surface area contributed by atoms with Crippen LogP contribution in [0.25, 0.3) is 5.57 Å². The zero-order chi connectivity index (χ0) is 17.3. The summed E-state index contributed by atoms with van der Waals surface area (Å²) in [6.45, 7) is 0. The number of carbonyl (C=O) groups excluding carboxylic acids is 1. The molecule has 0 saturated heterocycles. The minimum absolute atomic E-state index is 0.126. The van der Waals surface area contributed by atoms with Crippen molar-refractivity contribution in [3.05, 3.63) is 65.9 Å². The minimum Gasteiger partial charge on any atom is -0.484 e. The van der Waals surface area contributed by atoms with E-state index in [1.54, 1.807) is 23.9 Å². The SMILES string of the molecule is CSc1ccc(C2=COC(c3ccc(S(C)(=O)=O)cc3)C2=O)cc1. The van der Waals surface area contributed by atoms with Gasteiger partial charge in [-0.2, -0.15) is 0 Å². The highest BCUT2D eigenvalue weighted by atomic mass is 32.2. The Bertz CT molecular complexity index is 895. The Morgan fingerprint density at radius 1 is 1.00 bits per heavy atom. The summed E-state index contributed by atoms with van der Waals surface area (Å²) in [6.07, 6.45) is 3.89. The Labute approximate surface area is 145 Å². The molecule has 1 aliphatic rings. The topological polar surface area (TPSA) is 60.4 Å². The summed E-state index contributed by atoms with van der Waals surface area (Å²) < 4.78 is 28.6. The summed E-state index contributed by atoms with van der Waals surface area (Å²) in [7, 11) is -3.26. The Balaban J connectivity index is 1.82. The van der Waals surface area contributed by atoms with Gasteiger partial charge in [-0.3, -0.25) is 4.79 Å². The third-order valence-corrected chi connectivity index (χ3v) is 5.71. The van der Waals surface area contributed by atoms with Crippen LogP contribution < -0.4 is 0 Å². The Hall–Kier alpha value is -2.05. The number of thioether (sulfide) groups is 1. The molecule has 0 spiro atoms. The van der Waals surface area contributed by atoms with Gasteiger partial charge in [0, 0.05) is 16.7 Å². The maximum Gasteiger partial charge on any atom is 0.211 e. The number of Topliss-reactive ketones (excluding diaryl/α,β-unsaturated/α-hetero) is 1. The molecule has 0 aliphatic carbocycles. The molecule has 2 aromatic carbocycles. The molecule has 2 aromatic rings. The van der Waals surface area contributed by atoms with E-state index in [2.05, 4.69) is 0 Å². The lowest BCUT2D eigenvalue weighted by Gasteiger charge is -2.10. The van der Waals surface area contributed by atoms with Gasteiger partial charge >= 0.3 is 0 Å². The van der Waals surface area contributed by atoms with Gasteiger partial charge in [0.15, 0.2) is 15.9 Å². The van der Waals surface area contributed by atoms with Crippen LogP contribution in [-0.2, 0) is 19.4 Å². The number of carbonyl (C=O) groups is 1. The van der Waals surface area contributed by atoms with Crippen molar-refractivity contribution in [2.24, 2.45) is 0 Å². The van der Waals surface area contributed by atoms with Crippen molar-refractivity contribution in [2.45, 2.75) is 15.9 Å². The van der Waals surface area contributed by atoms with Gasteiger partial charge in [0.1, 0.15) is 0 Å². The average Bonchev–Trinajstić information content (AvgIpc) is 2.96. The number of ether oxygens (including phenoxy) is 1. The van der Waals surface area contributed by atoms with Gasteiger partial charge in [0.05, 0.1) is 16.7 Å². The first kappa shape index (κ1) is 16.8. The zero-order valence-corrected chi connectivity index (χ0v) is 14.9. The van der Waals surface area contributed by atoms with Crippen LogP contribution in [0.2, 0.25) is 0 Å². The van der Waals surface area contributed by atoms with Crippen LogP contribution in [0, 0.1) is 0 Å². The smallest absolute Gasteiger partial charge is 0.211 e. The molecule has 1 aliphatic heterocycles. The third kappa shape index (κ3) is 3.25. The normalized spacial score (nSPS) is 17.5. The van der Waals surface area contributed by atoms with Gasteiger partial charge in [0.25, 0.3) is 0 Å². The van der Waals surface area contributed by atoms with E-state index < -0.39 is 15.9 Å². The van der Waals surface area contributed by atoms with Crippen LogP contribution in [0.15, 0.2) is 64.6 Å². The zero-order valence-electron chi connectivity index (χ0n) is 13.2. The Kier molecular flexibility index (Phi) is 4.51. The Morgan fingerprint density at radius 2 is 1.62 bits per heavy atom. The van der Waals surface area contributed by atoms with E-state index in [0.717, 1.165) is 16.7 Å². The maximum atomic E-state index is 12.6. The molecular weight excluding hydrogens is 344 g/mol. The fourth-order valence-electron chi connectivity index (χ4n) is 2.50. The molecule has 124 valence electrons. The first-order valence-electron chi connectivity index (χ1n) is 7.24. The van der Waals surface area contributed by atoms with Crippen molar-refractivity contribution in [3.63, 3.8) is 0 Å². The summed E-state index contributed by atoms with van der Waals surface area (Å²) >= 11 is 1.64. The van der Waals surface area contributed by atoms with Crippen molar-refractivity contribution in [1.29, 1.82) is 0 Å². The summed E-state index contributed by atoms with van der Waals surface area (Å²) in [6, 6.07) is 13.9. The van der Waals surface area contributed by atoms with Crippen molar-refractivity contribution in [2.75, 3.05) is 12.5 Å². The first-order chi connectivity index (χ1) is 11.4. The Morgan fingerprint density at radius 3 is 2.17 bits per heavy atom. The van der Waals surface area contributed by atoms with Crippen LogP contribution in [0.4, 0.5) is 0 Å². The van der Waals surface area contributed by atoms with E-state index in [0.29, 0.717) is 11.1 Å². The molecule has 1 heterocycles. The van der Waals surface area contributed by atoms with Crippen LogP contribution in [0.5, 0.6) is 0 Å². The average molecular weight is 360 g/mol. The molecule has 0 amide bonds. The van der Waals surface area contributed by atoms with Crippen molar-refractivity contribution in [3.8, 4) is 0 Å². The fourth-order valence-corrected chi connectivity index (χ4v) is 3.54. The number of benzene rings is 2. The van der Waals surface area contributed by atoms with Gasteiger partial charge in [-0.1, -0.05) is 24.3 Å². The second-order valence-corrected chi connectivity index (χ2v) is 8.38. The highest BCUT2D eigenvalue weighted by Crippen LogP contribution is 2.34. The molecule has 0 N–H and O–H groups in total. The monoisotopic (exact) mass is 360 g/mol. The largest absolute Gasteiger partial charge is 0.484 e. The quantitative estimate of drug-likeness (QED) is 0.781. The molecule has 24 heavy (non-hydrogen) atoms. The van der Waals surface area contributed by atoms with Crippen LogP contribution in [-0.4, -0.2) is 26.7 Å². The van der Waals surface area contributed by atoms with Gasteiger partial charge < -0.3 is 4.74 Å². The molecule has 6 heteroatoms. The molecular formula is C18H16O4S2. The summed E-state index contributed by atoms with van der Waals surface area (Å²) in [5.74, 6) is -0.126. The predicted molar refractivity (Wildman–Crippen MR) is 94.6 cm³/mol. The summed E-state index contributed by atoms with van der Waals surface area (Å²) in [5.41, 5.74) is 1.98. The molecule has 3 rings (SSSR count). The molecule has 0 aromatic heterocycles. The highest BCUT2D eigenvalue weighted by molar-refractivity contribution is 7.98. The number of ketones is 1. The lowest BCUT2D eigenvalue weighted by atomic mass is 9.98. The van der Waals surface area contributed by atoms with E-state index >= 15 is 0 Å². The van der Waals surface area contributed by atoms with Crippen LogP contribution in [0.1, 0.15) is 17.2 Å². The van der Waals surface area contributed by atoms with E-state index in [1.165, 1.54) is 18.4 Å². The fraction of sp³-hybridized carbons (Fsp3) is 0.167. The number of hydrogen-bond acceptors (Lipinski definition) is 5. The summed E-state index contributed by atoms with van der Waals surface area (Å²) in [4.78, 5) is 14.0. The van der Waals surface area contributed by atoms with E-state index in [1.807, 2.05) is 30.5 Å². The molecule has 4 nitrogen and oxygen atoms in total. The number of hydrogen-bond donors (Lipinski definition) is 0. The summed E-state index contributed by atoms with van der Waals surface area (Å²) in [5, 5.41) is 0. The van der Waals surface area contributed by atoms with Crippen molar-refractivity contribution < 1.29 is 17.9 Å². The molecule has 0 radical (unpaired) electrons. The number of rotatable bonds is 4. The molecule has 1 unspecified atom stereocenters. The first-order valence-corrected chi connectivity index (χ1v) is 10.4. The van der Waals surface area contributed by atoms with E-state index in [-0.39, 0.29) is 10.7 Å². The van der Waals surface area contributed by atoms with Crippen molar-refractivity contribution >= 4 is 33.0 Å². The van der Waals surface area contributed by atoms with Crippen LogP contribution in [0.3, 0.4) is 0 Å². The standard InChI is InChI=1S/C18H16O4S2/c1-23-14-7-3-12(4-8-14)16-11-22-18(17(16)19)13-5-9-15(10-6-13)24(2,20)21/h3-11,18H,1-2H3. The van der Waals surface area contributed by atoms with E-state index in [4.69, 9.17) is 4.74 Å². The van der Waals surface area contributed by atoms with Crippen LogP contribution >= 0.6 is 11.8 Å². The molecule has 0 bridgehead atoms. The van der Waals surface area contributed by atoms with Gasteiger partial charge in [0.2, 0.25) is 5.78 Å². The van der Waals surface area contributed by atoms with E-state index in [9.17, 15) is 13.2 Å². The molecule has 1 atom stereocenters. The molecule has 0 saturated carbocycles. The lowest BCUT2D eigenvalue weighted by molar-refractivity contribution is -0.119.